The Balaban J connectivity index is 0.00000120. The third-order valence-corrected chi connectivity index (χ3v) is 4.46. The van der Waals surface area contributed by atoms with Gasteiger partial charge >= 0.3 is 0 Å². The lowest BCUT2D eigenvalue weighted by atomic mass is 9.97. The van der Waals surface area contributed by atoms with Crippen molar-refractivity contribution in [1.29, 1.82) is 0 Å². The molecule has 1 unspecified atom stereocenters. The van der Waals surface area contributed by atoms with Crippen LogP contribution in [0.2, 0.25) is 0 Å². The Morgan fingerprint density at radius 3 is 3.11 bits per heavy atom. The third kappa shape index (κ3) is 2.24. The number of hydrogen-bond acceptors (Lipinski definition) is 5. The van der Waals surface area contributed by atoms with Crippen LogP contribution in [0.4, 0.5) is 0 Å². The molecule has 5 heteroatoms. The standard InChI is InChI=1S/C13H22N4.H3N.2H2/c1-9(10-2-3-11(14)8-10)17-7-6-16-13-12(17)4-5-15-13;;;/h6,9-11,15H,2-5,7-8,14H2,1H3;1H3;2*1H/t9?,10-,11+;;;/m1.../s1. The normalized spacial score (nSPS) is 32.0. The Morgan fingerprint density at radius 1 is 1.56 bits per heavy atom. The van der Waals surface area contributed by atoms with Crippen LogP contribution in [0.1, 0.15) is 35.5 Å². The Bertz CT molecular complexity index is 372. The molecule has 3 atom stereocenters. The molecule has 2 heterocycles. The van der Waals surface area contributed by atoms with E-state index in [-0.39, 0.29) is 9.00 Å². The molecule has 6 N–H and O–H groups in total. The lowest BCUT2D eigenvalue weighted by Gasteiger charge is -2.36. The van der Waals surface area contributed by atoms with Crippen LogP contribution in [0, 0.1) is 5.92 Å². The van der Waals surface area contributed by atoms with Crippen molar-refractivity contribution in [2.24, 2.45) is 16.6 Å². The van der Waals surface area contributed by atoms with Gasteiger partial charge in [0.05, 0.1) is 12.2 Å². The first kappa shape index (κ1) is 13.4. The SMILES string of the molecule is CC([C@@H]1CC[C@H](N)C1)N1CC=NC2=C1CCN2.N.[HH].[HH]. The quantitative estimate of drug-likeness (QED) is 0.701. The van der Waals surface area contributed by atoms with Crippen molar-refractivity contribution in [2.75, 3.05) is 13.1 Å². The van der Waals surface area contributed by atoms with E-state index in [4.69, 9.17) is 5.73 Å². The van der Waals surface area contributed by atoms with E-state index in [0.717, 1.165) is 31.2 Å². The Hall–Kier alpha value is -1.07. The molecule has 0 aromatic rings. The van der Waals surface area contributed by atoms with E-state index in [1.54, 1.807) is 0 Å². The van der Waals surface area contributed by atoms with Gasteiger partial charge in [-0.25, -0.2) is 4.99 Å². The maximum absolute atomic E-state index is 6.03. The second-order valence-corrected chi connectivity index (χ2v) is 5.51. The van der Waals surface area contributed by atoms with E-state index in [2.05, 4.69) is 22.1 Å². The minimum Gasteiger partial charge on any atom is -0.368 e. The van der Waals surface area contributed by atoms with Gasteiger partial charge < -0.3 is 22.1 Å². The number of hydrogen-bond donors (Lipinski definition) is 3. The zero-order valence-corrected chi connectivity index (χ0v) is 11.2. The fourth-order valence-corrected chi connectivity index (χ4v) is 3.41. The van der Waals surface area contributed by atoms with E-state index in [1.165, 1.54) is 25.0 Å². The second-order valence-electron chi connectivity index (χ2n) is 5.51. The maximum atomic E-state index is 6.03. The molecule has 3 rings (SSSR count). The molecule has 0 radical (unpaired) electrons. The summed E-state index contributed by atoms with van der Waals surface area (Å²) in [5.41, 5.74) is 7.45. The summed E-state index contributed by atoms with van der Waals surface area (Å²) in [7, 11) is 0. The summed E-state index contributed by atoms with van der Waals surface area (Å²) in [6, 6.07) is 1.02. The van der Waals surface area contributed by atoms with Crippen LogP contribution in [0.25, 0.3) is 0 Å². The molecule has 0 bridgehead atoms. The Labute approximate surface area is 112 Å². The average Bonchev–Trinajstić information content (AvgIpc) is 2.95. The minimum atomic E-state index is 0. The number of nitrogens with two attached hydrogens (primary N) is 1. The molecule has 106 valence electrons. The molecule has 1 saturated carbocycles. The number of nitrogens with zero attached hydrogens (tertiary/aromatic N) is 2. The van der Waals surface area contributed by atoms with Crippen LogP contribution in [0.15, 0.2) is 16.5 Å². The Morgan fingerprint density at radius 2 is 2.39 bits per heavy atom. The van der Waals surface area contributed by atoms with Gasteiger partial charge in [0.1, 0.15) is 5.82 Å². The van der Waals surface area contributed by atoms with E-state index < -0.39 is 0 Å². The van der Waals surface area contributed by atoms with Crippen LogP contribution in [-0.2, 0) is 0 Å². The van der Waals surface area contributed by atoms with Crippen LogP contribution in [0.3, 0.4) is 0 Å². The Kier molecular flexibility index (Phi) is 3.92. The van der Waals surface area contributed by atoms with Crippen molar-refractivity contribution in [1.82, 2.24) is 16.4 Å². The summed E-state index contributed by atoms with van der Waals surface area (Å²) in [5.74, 6) is 1.86. The summed E-state index contributed by atoms with van der Waals surface area (Å²) < 4.78 is 0. The highest BCUT2D eigenvalue weighted by Gasteiger charge is 2.33. The van der Waals surface area contributed by atoms with Crippen LogP contribution >= 0.6 is 0 Å². The predicted molar refractivity (Wildman–Crippen MR) is 78.9 cm³/mol. The summed E-state index contributed by atoms with van der Waals surface area (Å²) in [4.78, 5) is 6.98. The fourth-order valence-electron chi connectivity index (χ4n) is 3.41. The van der Waals surface area contributed by atoms with Crippen molar-refractivity contribution >= 4 is 6.21 Å². The molecular formula is C13H29N5. The van der Waals surface area contributed by atoms with Crippen LogP contribution in [-0.4, -0.2) is 36.3 Å². The molecule has 1 aliphatic carbocycles. The smallest absolute Gasteiger partial charge is 0.145 e. The molecule has 1 fully saturated rings. The van der Waals surface area contributed by atoms with Crippen LogP contribution in [0.5, 0.6) is 0 Å². The van der Waals surface area contributed by atoms with E-state index in [0.29, 0.717) is 12.1 Å². The lowest BCUT2D eigenvalue weighted by molar-refractivity contribution is 0.216. The van der Waals surface area contributed by atoms with Gasteiger partial charge in [0, 0.05) is 34.1 Å². The first-order valence-corrected chi connectivity index (χ1v) is 6.77. The molecule has 18 heavy (non-hydrogen) atoms. The van der Waals surface area contributed by atoms with Gasteiger partial charge in [-0.05, 0) is 32.1 Å². The molecule has 5 nitrogen and oxygen atoms in total. The van der Waals surface area contributed by atoms with E-state index >= 15 is 0 Å². The van der Waals surface area contributed by atoms with Gasteiger partial charge in [-0.15, -0.1) is 0 Å². The summed E-state index contributed by atoms with van der Waals surface area (Å²) in [6.45, 7) is 4.35. The van der Waals surface area contributed by atoms with Crippen LogP contribution < -0.4 is 17.2 Å². The molecule has 2 aliphatic heterocycles. The van der Waals surface area contributed by atoms with Crippen molar-refractivity contribution in [3.8, 4) is 0 Å². The average molecular weight is 255 g/mol. The van der Waals surface area contributed by atoms with E-state index in [1.807, 2.05) is 6.21 Å². The topological polar surface area (TPSA) is 88.7 Å². The number of nitrogens with one attached hydrogen (secondary N) is 1. The highest BCUT2D eigenvalue weighted by molar-refractivity contribution is 5.64. The van der Waals surface area contributed by atoms with Gasteiger partial charge in [-0.3, -0.25) is 0 Å². The van der Waals surface area contributed by atoms with Crippen molar-refractivity contribution in [3.05, 3.63) is 11.5 Å². The summed E-state index contributed by atoms with van der Waals surface area (Å²) in [5, 5.41) is 3.36. The second kappa shape index (κ2) is 5.28. The molecule has 0 saturated heterocycles. The van der Waals surface area contributed by atoms with E-state index in [9.17, 15) is 0 Å². The maximum Gasteiger partial charge on any atom is 0.145 e. The van der Waals surface area contributed by atoms with Gasteiger partial charge in [0.25, 0.3) is 0 Å². The van der Waals surface area contributed by atoms with Gasteiger partial charge in [0.2, 0.25) is 0 Å². The fraction of sp³-hybridized carbons (Fsp3) is 0.769. The van der Waals surface area contributed by atoms with Crippen molar-refractivity contribution in [3.63, 3.8) is 0 Å². The van der Waals surface area contributed by atoms with Gasteiger partial charge in [-0.2, -0.15) is 0 Å². The molecule has 0 aromatic carbocycles. The third-order valence-electron chi connectivity index (χ3n) is 4.46. The highest BCUT2D eigenvalue weighted by atomic mass is 15.2. The first-order chi connectivity index (χ1) is 8.25. The molecule has 0 amide bonds. The van der Waals surface area contributed by atoms with Gasteiger partial charge in [0.15, 0.2) is 0 Å². The summed E-state index contributed by atoms with van der Waals surface area (Å²) >= 11 is 0. The first-order valence-electron chi connectivity index (χ1n) is 6.77. The molecular weight excluding hydrogens is 226 g/mol. The summed E-state index contributed by atoms with van der Waals surface area (Å²) in [6.07, 6.45) is 6.82. The highest BCUT2D eigenvalue weighted by Crippen LogP contribution is 2.33. The lowest BCUT2D eigenvalue weighted by Crippen LogP contribution is -2.40. The monoisotopic (exact) mass is 255 g/mol. The van der Waals surface area contributed by atoms with Crippen molar-refractivity contribution in [2.45, 2.75) is 44.7 Å². The molecule has 0 spiro atoms. The number of aliphatic imine (C=N–C) groups is 1. The zero-order chi connectivity index (χ0) is 11.8. The predicted octanol–water partition coefficient (Wildman–Crippen LogP) is 1.71. The van der Waals surface area contributed by atoms with Crippen molar-refractivity contribution < 1.29 is 2.85 Å². The number of rotatable bonds is 2. The zero-order valence-electron chi connectivity index (χ0n) is 11.2. The largest absolute Gasteiger partial charge is 0.368 e. The minimum absolute atomic E-state index is 0. The molecule has 0 aromatic heterocycles. The van der Waals surface area contributed by atoms with Gasteiger partial charge in [-0.1, -0.05) is 0 Å². The molecule has 3 aliphatic rings.